The van der Waals surface area contributed by atoms with Gasteiger partial charge in [0.25, 0.3) is 0 Å². The van der Waals surface area contributed by atoms with Crippen LogP contribution in [0.4, 0.5) is 0 Å². The van der Waals surface area contributed by atoms with Gasteiger partial charge < -0.3 is 8.85 Å². The van der Waals surface area contributed by atoms with Crippen LogP contribution in [-0.2, 0) is 13.6 Å². The van der Waals surface area contributed by atoms with Crippen molar-refractivity contribution >= 4 is 22.4 Å². The zero-order valence-electron chi connectivity index (χ0n) is 16.9. The average molecular weight is 371 g/mol. The van der Waals surface area contributed by atoms with Crippen molar-refractivity contribution in [3.63, 3.8) is 0 Å². The Morgan fingerprint density at radius 1 is 1.25 bits per heavy atom. The van der Waals surface area contributed by atoms with Gasteiger partial charge in [-0.05, 0) is 58.2 Å². The van der Waals surface area contributed by atoms with Crippen LogP contribution < -0.4 is 0 Å². The Balaban J connectivity index is 0.000000446. The van der Waals surface area contributed by atoms with Gasteiger partial charge in [-0.2, -0.15) is 0 Å². The average Bonchev–Trinajstić information content (AvgIpc) is 2.78. The van der Waals surface area contributed by atoms with E-state index in [4.69, 9.17) is 8.85 Å². The zero-order chi connectivity index (χ0) is 18.8. The zero-order valence-corrected chi connectivity index (χ0v) is 18.9. The Morgan fingerprint density at radius 3 is 2.25 bits per heavy atom. The molecule has 140 valence electrons. The second-order valence-electron chi connectivity index (χ2n) is 8.32. The van der Waals surface area contributed by atoms with E-state index in [2.05, 4.69) is 52.8 Å². The minimum atomic E-state index is -1.46. The number of carbonyl (C=O) groups is 1. The van der Waals surface area contributed by atoms with Crippen LogP contribution in [0.5, 0.6) is 0 Å². The summed E-state index contributed by atoms with van der Waals surface area (Å²) in [5, 5.41) is 0. The second-order valence-corrected chi connectivity index (χ2v) is 17.2. The highest BCUT2D eigenvalue weighted by atomic mass is 28.4. The molecule has 1 rings (SSSR count). The first-order valence-corrected chi connectivity index (χ1v) is 16.0. The summed E-state index contributed by atoms with van der Waals surface area (Å²) in [5.74, 6) is 0.188. The van der Waals surface area contributed by atoms with Crippen LogP contribution in [0.2, 0.25) is 39.3 Å². The van der Waals surface area contributed by atoms with Crippen molar-refractivity contribution in [3.8, 4) is 0 Å². The fraction of sp³-hybridized carbons (Fsp3) is 0.737. The summed E-state index contributed by atoms with van der Waals surface area (Å²) >= 11 is 0. The summed E-state index contributed by atoms with van der Waals surface area (Å²) in [6.45, 7) is 19.1. The third-order valence-corrected chi connectivity index (χ3v) is 5.28. The Bertz CT molecular complexity index is 406. The van der Waals surface area contributed by atoms with Gasteiger partial charge >= 0.3 is 0 Å². The van der Waals surface area contributed by atoms with Crippen molar-refractivity contribution in [1.82, 2.24) is 0 Å². The van der Waals surface area contributed by atoms with Gasteiger partial charge in [0.2, 0.25) is 0 Å². The molecule has 0 saturated carbocycles. The maximum Gasteiger partial charge on any atom is 0.184 e. The van der Waals surface area contributed by atoms with E-state index in [0.29, 0.717) is 12.5 Å². The normalized spacial score (nSPS) is 19.0. The van der Waals surface area contributed by atoms with E-state index in [1.54, 1.807) is 6.08 Å². The number of hydrogen-bond donors (Lipinski definition) is 0. The lowest BCUT2D eigenvalue weighted by Crippen LogP contribution is -2.31. The summed E-state index contributed by atoms with van der Waals surface area (Å²) in [5.41, 5.74) is 0. The second kappa shape index (κ2) is 11.2. The number of ketones is 1. The molecule has 1 aliphatic carbocycles. The monoisotopic (exact) mass is 370 g/mol. The minimum Gasteiger partial charge on any atom is -0.414 e. The Hall–Kier alpha value is -0.496. The SMILES string of the molecule is C=CCC(CCCC)O[Si](C)(C)C.C[Si](C)(C)OC1C=CC(=O)C1. The molecule has 5 heteroatoms. The summed E-state index contributed by atoms with van der Waals surface area (Å²) in [7, 11) is -2.81. The number of hydrogen-bond acceptors (Lipinski definition) is 3. The molecular weight excluding hydrogens is 332 g/mol. The Morgan fingerprint density at radius 2 is 1.88 bits per heavy atom. The van der Waals surface area contributed by atoms with Crippen molar-refractivity contribution in [2.75, 3.05) is 0 Å². The third-order valence-electron chi connectivity index (χ3n) is 3.23. The molecular formula is C19H38O3Si2. The molecule has 0 spiro atoms. The number of rotatable bonds is 9. The van der Waals surface area contributed by atoms with Crippen LogP contribution in [0.15, 0.2) is 24.8 Å². The summed E-state index contributed by atoms with van der Waals surface area (Å²) in [6, 6.07) is 0. The predicted octanol–water partition coefficient (Wildman–Crippen LogP) is 5.71. The van der Waals surface area contributed by atoms with Crippen LogP contribution in [0.3, 0.4) is 0 Å². The maximum absolute atomic E-state index is 10.8. The van der Waals surface area contributed by atoms with Gasteiger partial charge in [-0.15, -0.1) is 6.58 Å². The van der Waals surface area contributed by atoms with Gasteiger partial charge in [-0.3, -0.25) is 4.79 Å². The van der Waals surface area contributed by atoms with E-state index in [9.17, 15) is 4.79 Å². The fourth-order valence-electron chi connectivity index (χ4n) is 2.43. The molecule has 0 heterocycles. The number of unbranched alkanes of at least 4 members (excludes halogenated alkanes) is 1. The van der Waals surface area contributed by atoms with Crippen molar-refractivity contribution in [1.29, 1.82) is 0 Å². The van der Waals surface area contributed by atoms with Crippen molar-refractivity contribution in [3.05, 3.63) is 24.8 Å². The lowest BCUT2D eigenvalue weighted by Gasteiger charge is -2.25. The van der Waals surface area contributed by atoms with Crippen LogP contribution in [0, 0.1) is 0 Å². The van der Waals surface area contributed by atoms with Crippen LogP contribution >= 0.6 is 0 Å². The van der Waals surface area contributed by atoms with Gasteiger partial charge in [0.15, 0.2) is 22.4 Å². The first kappa shape index (κ1) is 23.5. The van der Waals surface area contributed by atoms with Crippen molar-refractivity contribution in [2.45, 2.75) is 90.5 Å². The van der Waals surface area contributed by atoms with Gasteiger partial charge in [0.05, 0.1) is 6.10 Å². The molecule has 24 heavy (non-hydrogen) atoms. The molecule has 0 aromatic heterocycles. The molecule has 0 N–H and O–H groups in total. The summed E-state index contributed by atoms with van der Waals surface area (Å²) in [4.78, 5) is 10.8. The highest BCUT2D eigenvalue weighted by molar-refractivity contribution is 6.70. The maximum atomic E-state index is 10.8. The van der Waals surface area contributed by atoms with Gasteiger partial charge in [0, 0.05) is 12.5 Å². The third kappa shape index (κ3) is 13.9. The van der Waals surface area contributed by atoms with Crippen LogP contribution in [0.25, 0.3) is 0 Å². The molecule has 3 nitrogen and oxygen atoms in total. The molecule has 0 saturated heterocycles. The molecule has 0 radical (unpaired) electrons. The molecule has 2 atom stereocenters. The lowest BCUT2D eigenvalue weighted by atomic mass is 10.1. The van der Waals surface area contributed by atoms with Crippen molar-refractivity contribution < 1.29 is 13.6 Å². The van der Waals surface area contributed by atoms with E-state index in [1.165, 1.54) is 19.3 Å². The molecule has 0 bridgehead atoms. The van der Waals surface area contributed by atoms with E-state index in [-0.39, 0.29) is 11.9 Å². The van der Waals surface area contributed by atoms with Crippen molar-refractivity contribution in [2.24, 2.45) is 0 Å². The van der Waals surface area contributed by atoms with Crippen LogP contribution in [0.1, 0.15) is 39.0 Å². The van der Waals surface area contributed by atoms with Gasteiger partial charge in [-0.25, -0.2) is 0 Å². The fourth-order valence-corrected chi connectivity index (χ4v) is 4.71. The highest BCUT2D eigenvalue weighted by Crippen LogP contribution is 2.16. The molecule has 0 fully saturated rings. The van der Waals surface area contributed by atoms with Gasteiger partial charge in [-0.1, -0.05) is 31.9 Å². The minimum absolute atomic E-state index is 0.0640. The standard InChI is InChI=1S/C11H24OSi.C8H14O2Si/c1-6-8-10-11(9-7-2)12-13(3,4)5;1-11(2,3)10-8-5-4-7(9)6-8/h7,11H,2,6,8-10H2,1,3-5H3;4-5,8H,6H2,1-3H3. The summed E-state index contributed by atoms with van der Waals surface area (Å²) in [6.07, 6.45) is 11.2. The highest BCUT2D eigenvalue weighted by Gasteiger charge is 2.23. The van der Waals surface area contributed by atoms with Crippen LogP contribution in [-0.4, -0.2) is 34.6 Å². The predicted molar refractivity (Wildman–Crippen MR) is 110 cm³/mol. The summed E-state index contributed by atoms with van der Waals surface area (Å²) < 4.78 is 11.7. The van der Waals surface area contributed by atoms with E-state index in [1.807, 2.05) is 12.2 Å². The first-order valence-electron chi connectivity index (χ1n) is 9.14. The topological polar surface area (TPSA) is 35.5 Å². The number of allylic oxidation sites excluding steroid dienone is 1. The first-order chi connectivity index (χ1) is 11.0. The quantitative estimate of drug-likeness (QED) is 0.385. The number of carbonyl (C=O) groups excluding carboxylic acids is 1. The molecule has 0 aromatic rings. The van der Waals surface area contributed by atoms with E-state index in [0.717, 1.165) is 6.42 Å². The molecule has 1 aliphatic rings. The van der Waals surface area contributed by atoms with Gasteiger partial charge in [0.1, 0.15) is 0 Å². The molecule has 2 unspecified atom stereocenters. The molecule has 0 aliphatic heterocycles. The Kier molecular flexibility index (Phi) is 11.0. The molecule has 0 aromatic carbocycles. The smallest absolute Gasteiger partial charge is 0.184 e. The van der Waals surface area contributed by atoms with E-state index >= 15 is 0 Å². The largest absolute Gasteiger partial charge is 0.414 e. The van der Waals surface area contributed by atoms with E-state index < -0.39 is 16.6 Å². The Labute approximate surface area is 151 Å². The molecule has 0 amide bonds. The lowest BCUT2D eigenvalue weighted by molar-refractivity contribution is -0.114.